The lowest BCUT2D eigenvalue weighted by Crippen LogP contribution is -2.43. The molecule has 1 aliphatic rings. The van der Waals surface area contributed by atoms with Crippen LogP contribution >= 0.6 is 11.3 Å². The molecule has 154 valence electrons. The molecule has 1 amide bonds. The van der Waals surface area contributed by atoms with Crippen LogP contribution in [0, 0.1) is 5.92 Å². The maximum Gasteiger partial charge on any atom is 0.224 e. The number of nitrogens with zero attached hydrogens (tertiary/aromatic N) is 4. The van der Waals surface area contributed by atoms with Gasteiger partial charge in [-0.1, -0.05) is 11.3 Å². The molecule has 9 heteroatoms. The highest BCUT2D eigenvalue weighted by Crippen LogP contribution is 2.30. The Labute approximate surface area is 173 Å². The lowest BCUT2D eigenvalue weighted by atomic mass is 9.97. The molecule has 0 spiro atoms. The molecule has 1 aliphatic heterocycles. The molecule has 1 atom stereocenters. The first-order valence-electron chi connectivity index (χ1n) is 9.70. The summed E-state index contributed by atoms with van der Waals surface area (Å²) in [6.07, 6.45) is 3.82. The molecular formula is C20H25N5O3S. The van der Waals surface area contributed by atoms with Crippen LogP contribution < -0.4 is 15.0 Å². The lowest BCUT2D eigenvalue weighted by Gasteiger charge is -2.31. The smallest absolute Gasteiger partial charge is 0.224 e. The van der Waals surface area contributed by atoms with Crippen LogP contribution in [0.25, 0.3) is 16.2 Å². The van der Waals surface area contributed by atoms with Gasteiger partial charge in [0, 0.05) is 32.3 Å². The SMILES string of the molecule is COCCNC(=O)[C@H]1CCCN(c2nn3cc(-c4ccc(OC)cc4)nc3s2)C1. The van der Waals surface area contributed by atoms with Crippen LogP contribution in [-0.4, -0.2) is 61.0 Å². The summed E-state index contributed by atoms with van der Waals surface area (Å²) >= 11 is 1.55. The van der Waals surface area contributed by atoms with E-state index in [1.165, 1.54) is 0 Å². The molecule has 1 N–H and O–H groups in total. The third-order valence-corrected chi connectivity index (χ3v) is 6.07. The van der Waals surface area contributed by atoms with Gasteiger partial charge in [-0.15, -0.1) is 5.10 Å². The van der Waals surface area contributed by atoms with Crippen molar-refractivity contribution in [3.8, 4) is 17.0 Å². The van der Waals surface area contributed by atoms with Crippen LogP contribution in [-0.2, 0) is 9.53 Å². The number of hydrogen-bond acceptors (Lipinski definition) is 7. The highest BCUT2D eigenvalue weighted by atomic mass is 32.1. The Morgan fingerprint density at radius 1 is 1.31 bits per heavy atom. The van der Waals surface area contributed by atoms with Gasteiger partial charge in [0.2, 0.25) is 16.0 Å². The second kappa shape index (κ2) is 8.79. The molecule has 3 aromatic rings. The fourth-order valence-corrected chi connectivity index (χ4v) is 4.42. The van der Waals surface area contributed by atoms with Gasteiger partial charge in [-0.05, 0) is 37.1 Å². The number of hydrogen-bond donors (Lipinski definition) is 1. The molecule has 1 fully saturated rings. The second-order valence-corrected chi connectivity index (χ2v) is 7.97. The molecule has 29 heavy (non-hydrogen) atoms. The third kappa shape index (κ3) is 4.35. The normalized spacial score (nSPS) is 16.9. The standard InChI is InChI=1S/C20H25N5O3S/c1-27-11-9-21-18(26)15-4-3-10-24(12-15)20-23-25-13-17(22-19(25)29-20)14-5-7-16(28-2)8-6-14/h5-8,13,15H,3-4,9-12H2,1-2H3,(H,21,26)/t15-/m0/s1. The van der Waals surface area contributed by atoms with Crippen molar-refractivity contribution in [2.24, 2.45) is 5.92 Å². The van der Waals surface area contributed by atoms with Crippen LogP contribution in [0.1, 0.15) is 12.8 Å². The fraction of sp³-hybridized carbons (Fsp3) is 0.450. The summed E-state index contributed by atoms with van der Waals surface area (Å²) in [5, 5.41) is 8.56. The van der Waals surface area contributed by atoms with E-state index in [4.69, 9.17) is 19.6 Å². The maximum absolute atomic E-state index is 12.4. The van der Waals surface area contributed by atoms with Gasteiger partial charge in [0.15, 0.2) is 0 Å². The third-order valence-electron chi connectivity index (χ3n) is 5.09. The van der Waals surface area contributed by atoms with E-state index >= 15 is 0 Å². The molecule has 1 aromatic carbocycles. The van der Waals surface area contributed by atoms with Crippen molar-refractivity contribution >= 4 is 27.3 Å². The maximum atomic E-state index is 12.4. The monoisotopic (exact) mass is 415 g/mol. The number of amides is 1. The summed E-state index contributed by atoms with van der Waals surface area (Å²) in [5.41, 5.74) is 1.91. The van der Waals surface area contributed by atoms with Crippen molar-refractivity contribution in [2.45, 2.75) is 12.8 Å². The van der Waals surface area contributed by atoms with Gasteiger partial charge >= 0.3 is 0 Å². The first-order valence-corrected chi connectivity index (χ1v) is 10.5. The molecule has 2 aromatic heterocycles. The van der Waals surface area contributed by atoms with E-state index in [1.807, 2.05) is 35.0 Å². The Balaban J connectivity index is 1.45. The van der Waals surface area contributed by atoms with E-state index < -0.39 is 0 Å². The van der Waals surface area contributed by atoms with E-state index in [2.05, 4.69) is 10.2 Å². The number of piperidine rings is 1. The number of nitrogens with one attached hydrogen (secondary N) is 1. The van der Waals surface area contributed by atoms with Crippen LogP contribution in [0.2, 0.25) is 0 Å². The molecule has 4 rings (SSSR count). The molecule has 0 unspecified atom stereocenters. The first kappa shape index (κ1) is 19.7. The number of carbonyl (C=O) groups is 1. The summed E-state index contributed by atoms with van der Waals surface area (Å²) < 4.78 is 12.0. The van der Waals surface area contributed by atoms with Crippen LogP contribution in [0.4, 0.5) is 5.13 Å². The summed E-state index contributed by atoms with van der Waals surface area (Å²) in [7, 11) is 3.29. The lowest BCUT2D eigenvalue weighted by molar-refractivity contribution is -0.125. The van der Waals surface area contributed by atoms with Crippen molar-refractivity contribution in [2.75, 3.05) is 45.4 Å². The highest BCUT2D eigenvalue weighted by molar-refractivity contribution is 7.20. The minimum Gasteiger partial charge on any atom is -0.497 e. The zero-order valence-electron chi connectivity index (χ0n) is 16.6. The number of ether oxygens (including phenoxy) is 2. The average molecular weight is 416 g/mol. The summed E-state index contributed by atoms with van der Waals surface area (Å²) in [4.78, 5) is 20.1. The largest absolute Gasteiger partial charge is 0.497 e. The summed E-state index contributed by atoms with van der Waals surface area (Å²) in [5.74, 6) is 0.891. The molecule has 0 aliphatic carbocycles. The Bertz CT molecular complexity index is 937. The molecule has 1 saturated heterocycles. The quantitative estimate of drug-likeness (QED) is 0.597. The minimum absolute atomic E-state index is 0.0216. The Hall–Kier alpha value is -2.65. The average Bonchev–Trinajstić information content (AvgIpc) is 3.33. The van der Waals surface area contributed by atoms with Gasteiger partial charge in [-0.25, -0.2) is 9.50 Å². The van der Waals surface area contributed by atoms with E-state index in [1.54, 1.807) is 25.6 Å². The molecular weight excluding hydrogens is 390 g/mol. The van der Waals surface area contributed by atoms with Crippen molar-refractivity contribution in [1.29, 1.82) is 0 Å². The zero-order chi connectivity index (χ0) is 20.2. The van der Waals surface area contributed by atoms with Gasteiger partial charge < -0.3 is 19.7 Å². The van der Waals surface area contributed by atoms with Gasteiger partial charge in [-0.3, -0.25) is 4.79 Å². The van der Waals surface area contributed by atoms with Gasteiger partial charge in [-0.2, -0.15) is 0 Å². The van der Waals surface area contributed by atoms with Crippen molar-refractivity contribution in [3.63, 3.8) is 0 Å². The number of imidazole rings is 1. The van der Waals surface area contributed by atoms with E-state index in [0.29, 0.717) is 19.7 Å². The van der Waals surface area contributed by atoms with E-state index in [-0.39, 0.29) is 11.8 Å². The number of carbonyl (C=O) groups excluding carboxylic acids is 1. The predicted molar refractivity (Wildman–Crippen MR) is 113 cm³/mol. The zero-order valence-corrected chi connectivity index (χ0v) is 17.4. The van der Waals surface area contributed by atoms with Crippen molar-refractivity contribution in [1.82, 2.24) is 19.9 Å². The molecule has 8 nitrogen and oxygen atoms in total. The molecule has 0 radical (unpaired) electrons. The topological polar surface area (TPSA) is 81.0 Å². The Kier molecular flexibility index (Phi) is 5.96. The molecule has 0 saturated carbocycles. The number of fused-ring (bicyclic) bond motifs is 1. The Morgan fingerprint density at radius 2 is 2.14 bits per heavy atom. The van der Waals surface area contributed by atoms with Gasteiger partial charge in [0.05, 0.1) is 31.5 Å². The second-order valence-electron chi connectivity index (χ2n) is 7.04. The van der Waals surface area contributed by atoms with Crippen molar-refractivity contribution < 1.29 is 14.3 Å². The number of methoxy groups -OCH3 is 2. The fourth-order valence-electron chi connectivity index (χ4n) is 3.50. The van der Waals surface area contributed by atoms with E-state index in [0.717, 1.165) is 46.5 Å². The van der Waals surface area contributed by atoms with Gasteiger partial charge in [0.1, 0.15) is 5.75 Å². The number of aromatic nitrogens is 3. The first-order chi connectivity index (χ1) is 14.2. The number of benzene rings is 1. The van der Waals surface area contributed by atoms with Crippen LogP contribution in [0.5, 0.6) is 5.75 Å². The van der Waals surface area contributed by atoms with Crippen molar-refractivity contribution in [3.05, 3.63) is 30.5 Å². The summed E-state index contributed by atoms with van der Waals surface area (Å²) in [6.45, 7) is 2.66. The van der Waals surface area contributed by atoms with Crippen LogP contribution in [0.3, 0.4) is 0 Å². The predicted octanol–water partition coefficient (Wildman–Crippen LogP) is 2.45. The number of anilines is 1. The minimum atomic E-state index is -0.0216. The Morgan fingerprint density at radius 3 is 2.86 bits per heavy atom. The molecule has 3 heterocycles. The van der Waals surface area contributed by atoms with Gasteiger partial charge in [0.25, 0.3) is 0 Å². The van der Waals surface area contributed by atoms with E-state index in [9.17, 15) is 4.79 Å². The molecule has 0 bridgehead atoms. The highest BCUT2D eigenvalue weighted by Gasteiger charge is 2.27. The summed E-state index contributed by atoms with van der Waals surface area (Å²) in [6, 6.07) is 7.83. The number of rotatable bonds is 7. The van der Waals surface area contributed by atoms with Crippen LogP contribution in [0.15, 0.2) is 30.5 Å².